The number of aryl methyl sites for hydroxylation is 1. The van der Waals surface area contributed by atoms with Crippen LogP contribution in [-0.2, 0) is 23.0 Å². The Morgan fingerprint density at radius 3 is 2.85 bits per heavy atom. The number of furan rings is 1. The predicted octanol–water partition coefficient (Wildman–Crippen LogP) is 2.02. The highest BCUT2D eigenvalue weighted by Gasteiger charge is 2.24. The van der Waals surface area contributed by atoms with Gasteiger partial charge in [0, 0.05) is 23.9 Å². The van der Waals surface area contributed by atoms with Crippen LogP contribution in [0.15, 0.2) is 33.1 Å². The lowest BCUT2D eigenvalue weighted by Gasteiger charge is -2.14. The molecular formula is C13H18N2O3S2. The van der Waals surface area contributed by atoms with Gasteiger partial charge in [0.05, 0.1) is 6.26 Å². The Morgan fingerprint density at radius 1 is 1.50 bits per heavy atom. The topological polar surface area (TPSA) is 85.3 Å². The number of hydrogen-bond acceptors (Lipinski definition) is 5. The van der Waals surface area contributed by atoms with E-state index in [1.54, 1.807) is 19.3 Å². The Kier molecular flexibility index (Phi) is 4.64. The first-order chi connectivity index (χ1) is 9.44. The van der Waals surface area contributed by atoms with Crippen molar-refractivity contribution in [3.63, 3.8) is 0 Å². The SMILES string of the molecule is Cc1csc(CN)c1S(=O)(=O)NC(C)Cc1ccco1. The van der Waals surface area contributed by atoms with Crippen LogP contribution in [0.3, 0.4) is 0 Å². The van der Waals surface area contributed by atoms with Gasteiger partial charge in [-0.2, -0.15) is 0 Å². The molecule has 0 aliphatic rings. The molecule has 3 N–H and O–H groups in total. The monoisotopic (exact) mass is 314 g/mol. The summed E-state index contributed by atoms with van der Waals surface area (Å²) in [5.41, 5.74) is 6.33. The molecule has 2 rings (SSSR count). The molecular weight excluding hydrogens is 296 g/mol. The first-order valence-corrected chi connectivity index (χ1v) is 8.62. The summed E-state index contributed by atoms with van der Waals surface area (Å²) in [7, 11) is -3.55. The molecule has 110 valence electrons. The number of sulfonamides is 1. The molecule has 0 amide bonds. The van der Waals surface area contributed by atoms with Crippen molar-refractivity contribution >= 4 is 21.4 Å². The number of hydrogen-bond donors (Lipinski definition) is 2. The van der Waals surface area contributed by atoms with Gasteiger partial charge in [0.15, 0.2) is 0 Å². The van der Waals surface area contributed by atoms with Gasteiger partial charge in [0.25, 0.3) is 0 Å². The minimum atomic E-state index is -3.55. The summed E-state index contributed by atoms with van der Waals surface area (Å²) in [6, 6.07) is 3.36. The number of nitrogens with two attached hydrogens (primary N) is 1. The molecule has 7 heteroatoms. The van der Waals surface area contributed by atoms with Gasteiger partial charge in [-0.3, -0.25) is 0 Å². The van der Waals surface area contributed by atoms with Crippen molar-refractivity contribution in [2.24, 2.45) is 5.73 Å². The molecule has 1 atom stereocenters. The Labute approximate surface area is 122 Å². The van der Waals surface area contributed by atoms with Crippen LogP contribution in [0.5, 0.6) is 0 Å². The fourth-order valence-corrected chi connectivity index (χ4v) is 5.03. The third kappa shape index (κ3) is 3.29. The summed E-state index contributed by atoms with van der Waals surface area (Å²) in [4.78, 5) is 0.997. The van der Waals surface area contributed by atoms with Crippen LogP contribution in [0.1, 0.15) is 23.1 Å². The molecule has 2 aromatic rings. The van der Waals surface area contributed by atoms with E-state index in [0.29, 0.717) is 16.2 Å². The van der Waals surface area contributed by atoms with E-state index >= 15 is 0 Å². The fourth-order valence-electron chi connectivity index (χ4n) is 2.09. The molecule has 2 aromatic heterocycles. The van der Waals surface area contributed by atoms with E-state index in [1.807, 2.05) is 18.4 Å². The molecule has 0 aliphatic heterocycles. The number of nitrogens with one attached hydrogen (secondary N) is 1. The summed E-state index contributed by atoms with van der Waals surface area (Å²) in [6.45, 7) is 3.81. The van der Waals surface area contributed by atoms with E-state index < -0.39 is 10.0 Å². The first kappa shape index (κ1) is 15.2. The summed E-state index contributed by atoms with van der Waals surface area (Å²) in [5, 5.41) is 1.81. The third-order valence-electron chi connectivity index (χ3n) is 2.89. The second kappa shape index (κ2) is 6.09. The van der Waals surface area contributed by atoms with Gasteiger partial charge in [-0.25, -0.2) is 13.1 Å². The summed E-state index contributed by atoms with van der Waals surface area (Å²) in [6.07, 6.45) is 2.08. The first-order valence-electron chi connectivity index (χ1n) is 6.25. The normalized spacial score (nSPS) is 13.6. The molecule has 0 radical (unpaired) electrons. The van der Waals surface area contributed by atoms with Gasteiger partial charge >= 0.3 is 0 Å². The average Bonchev–Trinajstić information content (AvgIpc) is 2.97. The predicted molar refractivity (Wildman–Crippen MR) is 79.1 cm³/mol. The zero-order valence-corrected chi connectivity index (χ0v) is 13.1. The maximum Gasteiger partial charge on any atom is 0.242 e. The molecule has 0 saturated heterocycles. The second-order valence-electron chi connectivity index (χ2n) is 4.68. The van der Waals surface area contributed by atoms with E-state index in [9.17, 15) is 8.42 Å². The quantitative estimate of drug-likeness (QED) is 0.854. The second-order valence-corrected chi connectivity index (χ2v) is 7.30. The Hall–Kier alpha value is -1.15. The van der Waals surface area contributed by atoms with Gasteiger partial charge in [-0.1, -0.05) is 0 Å². The molecule has 20 heavy (non-hydrogen) atoms. The van der Waals surface area contributed by atoms with E-state index in [1.165, 1.54) is 11.3 Å². The van der Waals surface area contributed by atoms with Crippen LogP contribution in [0, 0.1) is 6.92 Å². The standard InChI is InChI=1S/C13H18N2O3S2/c1-9-8-19-12(7-14)13(9)20(16,17)15-10(2)6-11-4-3-5-18-11/h3-5,8,10,15H,6-7,14H2,1-2H3. The zero-order valence-electron chi connectivity index (χ0n) is 11.4. The van der Waals surface area contributed by atoms with Crippen LogP contribution < -0.4 is 10.5 Å². The summed E-state index contributed by atoms with van der Waals surface area (Å²) in [5.74, 6) is 0.751. The highest BCUT2D eigenvalue weighted by molar-refractivity contribution is 7.89. The van der Waals surface area contributed by atoms with Gasteiger partial charge in [-0.15, -0.1) is 11.3 Å². The highest BCUT2D eigenvalue weighted by atomic mass is 32.2. The maximum absolute atomic E-state index is 12.4. The van der Waals surface area contributed by atoms with Crippen molar-refractivity contribution in [3.05, 3.63) is 40.0 Å². The van der Waals surface area contributed by atoms with E-state index in [-0.39, 0.29) is 12.6 Å². The minimum Gasteiger partial charge on any atom is -0.469 e. The molecule has 0 bridgehead atoms. The van der Waals surface area contributed by atoms with E-state index in [0.717, 1.165) is 11.3 Å². The minimum absolute atomic E-state index is 0.224. The van der Waals surface area contributed by atoms with Crippen molar-refractivity contribution in [2.75, 3.05) is 0 Å². The molecule has 0 spiro atoms. The van der Waals surface area contributed by atoms with Crippen molar-refractivity contribution in [2.45, 2.75) is 37.8 Å². The van der Waals surface area contributed by atoms with E-state index in [2.05, 4.69) is 4.72 Å². The lowest BCUT2D eigenvalue weighted by molar-refractivity contribution is 0.479. The average molecular weight is 314 g/mol. The van der Waals surface area contributed by atoms with E-state index in [4.69, 9.17) is 10.2 Å². The maximum atomic E-state index is 12.4. The van der Waals surface area contributed by atoms with Crippen molar-refractivity contribution in [1.29, 1.82) is 0 Å². The van der Waals surface area contributed by atoms with Crippen LogP contribution in [0.4, 0.5) is 0 Å². The third-order valence-corrected chi connectivity index (χ3v) is 5.96. The molecule has 0 aliphatic carbocycles. The Balaban J connectivity index is 2.16. The van der Waals surface area contributed by atoms with Crippen LogP contribution >= 0.6 is 11.3 Å². The largest absolute Gasteiger partial charge is 0.469 e. The molecule has 2 heterocycles. The van der Waals surface area contributed by atoms with Gasteiger partial charge in [0.1, 0.15) is 10.7 Å². The van der Waals surface area contributed by atoms with Gasteiger partial charge < -0.3 is 10.2 Å². The zero-order chi connectivity index (χ0) is 14.8. The van der Waals surface area contributed by atoms with Crippen molar-refractivity contribution in [3.8, 4) is 0 Å². The van der Waals surface area contributed by atoms with Crippen LogP contribution in [0.25, 0.3) is 0 Å². The van der Waals surface area contributed by atoms with Crippen molar-refractivity contribution in [1.82, 2.24) is 4.72 Å². The Bertz CT molecular complexity index is 660. The number of rotatable bonds is 6. The lowest BCUT2D eigenvalue weighted by atomic mass is 10.2. The fraction of sp³-hybridized carbons (Fsp3) is 0.385. The summed E-state index contributed by atoms with van der Waals surface area (Å²) >= 11 is 1.37. The summed E-state index contributed by atoms with van der Waals surface area (Å²) < 4.78 is 32.8. The van der Waals surface area contributed by atoms with Gasteiger partial charge in [0.2, 0.25) is 10.0 Å². The molecule has 0 aromatic carbocycles. The molecule has 1 unspecified atom stereocenters. The van der Waals surface area contributed by atoms with Crippen LogP contribution in [0.2, 0.25) is 0 Å². The lowest BCUT2D eigenvalue weighted by Crippen LogP contribution is -2.34. The molecule has 0 fully saturated rings. The van der Waals surface area contributed by atoms with Gasteiger partial charge in [-0.05, 0) is 36.9 Å². The van der Waals surface area contributed by atoms with Crippen LogP contribution in [-0.4, -0.2) is 14.5 Å². The number of thiophene rings is 1. The molecule has 0 saturated carbocycles. The van der Waals surface area contributed by atoms with Crippen molar-refractivity contribution < 1.29 is 12.8 Å². The molecule has 5 nitrogen and oxygen atoms in total. The smallest absolute Gasteiger partial charge is 0.242 e. The highest BCUT2D eigenvalue weighted by Crippen LogP contribution is 2.26. The Morgan fingerprint density at radius 2 is 2.25 bits per heavy atom.